The Labute approximate surface area is 208 Å². The second-order valence-corrected chi connectivity index (χ2v) is 10.2. The summed E-state index contributed by atoms with van der Waals surface area (Å²) in [5, 5.41) is 7.40. The minimum Gasteiger partial charge on any atom is -0.493 e. The van der Waals surface area contributed by atoms with E-state index < -0.39 is 18.3 Å². The van der Waals surface area contributed by atoms with Gasteiger partial charge in [0, 0.05) is 25.1 Å². The number of benzene rings is 1. The minimum atomic E-state index is -4.52. The van der Waals surface area contributed by atoms with Gasteiger partial charge >= 0.3 is 6.18 Å². The number of carbonyl (C=O) groups excluding carboxylic acids is 1. The summed E-state index contributed by atoms with van der Waals surface area (Å²) in [4.78, 5) is 15.4. The van der Waals surface area contributed by atoms with Gasteiger partial charge in [-0.3, -0.25) is 4.79 Å². The molecule has 2 aromatic rings. The molecule has 10 heteroatoms. The van der Waals surface area contributed by atoms with Crippen molar-refractivity contribution >= 4 is 11.7 Å². The molecule has 7 nitrogen and oxygen atoms in total. The van der Waals surface area contributed by atoms with Crippen LogP contribution < -0.4 is 14.8 Å². The number of anilines is 1. The molecule has 0 bridgehead atoms. The van der Waals surface area contributed by atoms with Crippen LogP contribution in [-0.2, 0) is 0 Å². The highest BCUT2D eigenvalue weighted by Crippen LogP contribution is 2.45. The number of nitrogens with one attached hydrogen (secondary N) is 1. The zero-order valence-corrected chi connectivity index (χ0v) is 20.8. The number of likely N-dealkylation sites (tertiary alicyclic amines) is 1. The van der Waals surface area contributed by atoms with E-state index in [1.807, 2.05) is 4.90 Å². The number of aromatic nitrogens is 2. The van der Waals surface area contributed by atoms with Crippen LogP contribution >= 0.6 is 0 Å². The number of ether oxygens (including phenoxy) is 2. The first-order chi connectivity index (χ1) is 17.2. The molecule has 5 atom stereocenters. The Morgan fingerprint density at radius 2 is 1.83 bits per heavy atom. The summed E-state index contributed by atoms with van der Waals surface area (Å²) in [6.45, 7) is 2.86. The lowest BCUT2D eigenvalue weighted by molar-refractivity contribution is -0.173. The maximum atomic E-state index is 14.2. The fourth-order valence-electron chi connectivity index (χ4n) is 6.28. The standard InChI is InChI=1S/C26H33F3N4O3/c1-15-10-11-32(20-7-5-4-6-17(15)20)25(34)19-14-24-30-18(13-23(26(27,28)29)33(24)31-19)16-8-9-21(35-2)22(12-16)36-3/h8-9,12,14-15,17-18,20,23,30H,4-7,10-11,13H2,1-3H3/t15-,17-,18-,20+,23+/m1/s1. The van der Waals surface area contributed by atoms with Gasteiger partial charge in [-0.2, -0.15) is 18.3 Å². The third kappa shape index (κ3) is 4.39. The smallest absolute Gasteiger partial charge is 0.410 e. The van der Waals surface area contributed by atoms with Crippen molar-refractivity contribution in [2.24, 2.45) is 11.8 Å². The van der Waals surface area contributed by atoms with Crippen molar-refractivity contribution < 1.29 is 27.4 Å². The molecule has 196 valence electrons. The Hall–Kier alpha value is -2.91. The number of piperidine rings is 1. The maximum Gasteiger partial charge on any atom is 0.410 e. The van der Waals surface area contributed by atoms with Crippen molar-refractivity contribution in [3.63, 3.8) is 0 Å². The third-order valence-corrected chi connectivity index (χ3v) is 8.22. The maximum absolute atomic E-state index is 14.2. The normalized spacial score (nSPS) is 28.1. The molecule has 2 aliphatic heterocycles. The molecule has 1 saturated heterocycles. The first-order valence-electron chi connectivity index (χ1n) is 12.7. The van der Waals surface area contributed by atoms with Gasteiger partial charge < -0.3 is 19.7 Å². The zero-order chi connectivity index (χ0) is 25.6. The quantitative estimate of drug-likeness (QED) is 0.585. The van der Waals surface area contributed by atoms with Gasteiger partial charge in [0.15, 0.2) is 23.2 Å². The third-order valence-electron chi connectivity index (χ3n) is 8.22. The number of fused-ring (bicyclic) bond motifs is 2. The lowest BCUT2D eigenvalue weighted by Gasteiger charge is -2.47. The number of amides is 1. The van der Waals surface area contributed by atoms with Crippen molar-refractivity contribution in [1.29, 1.82) is 0 Å². The monoisotopic (exact) mass is 506 g/mol. The van der Waals surface area contributed by atoms with Crippen molar-refractivity contribution in [2.45, 2.75) is 69.8 Å². The molecule has 0 unspecified atom stereocenters. The largest absolute Gasteiger partial charge is 0.493 e. The fourth-order valence-corrected chi connectivity index (χ4v) is 6.28. The number of nitrogens with zero attached hydrogens (tertiary/aromatic N) is 3. The predicted octanol–water partition coefficient (Wildman–Crippen LogP) is 5.60. The highest BCUT2D eigenvalue weighted by Gasteiger charge is 2.47. The summed E-state index contributed by atoms with van der Waals surface area (Å²) in [6.07, 6.45) is 0.410. The van der Waals surface area contributed by atoms with Gasteiger partial charge in [0.1, 0.15) is 5.82 Å². The van der Waals surface area contributed by atoms with Crippen LogP contribution in [0.25, 0.3) is 0 Å². The molecule has 3 aliphatic rings. The second kappa shape index (κ2) is 9.52. The zero-order valence-electron chi connectivity index (χ0n) is 20.8. The summed E-state index contributed by atoms with van der Waals surface area (Å²) in [7, 11) is 2.99. The Morgan fingerprint density at radius 3 is 2.56 bits per heavy atom. The molecule has 0 radical (unpaired) electrons. The molecular weight excluding hydrogens is 473 g/mol. The van der Waals surface area contributed by atoms with Gasteiger partial charge in [-0.15, -0.1) is 0 Å². The van der Waals surface area contributed by atoms with Gasteiger partial charge in [-0.1, -0.05) is 25.8 Å². The van der Waals surface area contributed by atoms with Crippen LogP contribution in [0.3, 0.4) is 0 Å². The summed E-state index contributed by atoms with van der Waals surface area (Å²) in [5.74, 6) is 1.86. The molecule has 0 spiro atoms. The van der Waals surface area contributed by atoms with E-state index in [4.69, 9.17) is 9.47 Å². The molecule has 1 aromatic heterocycles. The van der Waals surface area contributed by atoms with Crippen LogP contribution in [0.2, 0.25) is 0 Å². The molecule has 1 saturated carbocycles. The van der Waals surface area contributed by atoms with Gasteiger partial charge in [0.25, 0.3) is 5.91 Å². The van der Waals surface area contributed by atoms with Gasteiger partial charge in [0.05, 0.1) is 20.3 Å². The number of carbonyl (C=O) groups is 1. The number of hydrogen-bond donors (Lipinski definition) is 1. The van der Waals surface area contributed by atoms with Crippen LogP contribution in [0.4, 0.5) is 19.0 Å². The lowest BCUT2D eigenvalue weighted by atomic mass is 9.72. The summed E-state index contributed by atoms with van der Waals surface area (Å²) >= 11 is 0. The number of alkyl halides is 3. The van der Waals surface area contributed by atoms with Crippen LogP contribution in [-0.4, -0.2) is 53.6 Å². The molecule has 2 fully saturated rings. The number of hydrogen-bond acceptors (Lipinski definition) is 5. The van der Waals surface area contributed by atoms with Crippen LogP contribution in [0.1, 0.15) is 73.6 Å². The van der Waals surface area contributed by atoms with E-state index in [0.29, 0.717) is 35.4 Å². The Morgan fingerprint density at radius 1 is 1.08 bits per heavy atom. The highest BCUT2D eigenvalue weighted by atomic mass is 19.4. The summed E-state index contributed by atoms with van der Waals surface area (Å²) in [6, 6.07) is 4.21. The lowest BCUT2D eigenvalue weighted by Crippen LogP contribution is -2.52. The molecule has 3 heterocycles. The Balaban J connectivity index is 1.45. The first-order valence-corrected chi connectivity index (χ1v) is 12.7. The number of halogens is 3. The van der Waals surface area contributed by atoms with Gasteiger partial charge in [-0.25, -0.2) is 4.68 Å². The molecule has 1 aromatic carbocycles. The second-order valence-electron chi connectivity index (χ2n) is 10.2. The highest BCUT2D eigenvalue weighted by molar-refractivity contribution is 5.93. The molecular formula is C26H33F3N4O3. The predicted molar refractivity (Wildman–Crippen MR) is 128 cm³/mol. The van der Waals surface area contributed by atoms with E-state index in [1.165, 1.54) is 26.7 Å². The van der Waals surface area contributed by atoms with Crippen molar-refractivity contribution in [3.05, 3.63) is 35.5 Å². The Kier molecular flexibility index (Phi) is 6.55. The number of rotatable bonds is 4. The van der Waals surface area contributed by atoms with Crippen molar-refractivity contribution in [2.75, 3.05) is 26.1 Å². The van der Waals surface area contributed by atoms with Crippen LogP contribution in [0, 0.1) is 11.8 Å². The van der Waals surface area contributed by atoms with Crippen LogP contribution in [0.5, 0.6) is 11.5 Å². The van der Waals surface area contributed by atoms with E-state index in [1.54, 1.807) is 18.2 Å². The molecule has 1 N–H and O–H groups in total. The van der Waals surface area contributed by atoms with E-state index in [-0.39, 0.29) is 29.9 Å². The molecule has 5 rings (SSSR count). The van der Waals surface area contributed by atoms with Gasteiger partial charge in [0.2, 0.25) is 0 Å². The average molecular weight is 507 g/mol. The first kappa shape index (κ1) is 24.8. The summed E-state index contributed by atoms with van der Waals surface area (Å²) in [5.41, 5.74) is 0.705. The molecule has 1 aliphatic carbocycles. The van der Waals surface area contributed by atoms with Crippen molar-refractivity contribution in [3.8, 4) is 11.5 Å². The van der Waals surface area contributed by atoms with E-state index in [0.717, 1.165) is 30.4 Å². The SMILES string of the molecule is COc1ccc([C@H]2C[C@@H](C(F)(F)F)n3nc(C(=O)N4CC[C@@H](C)[C@H]5CCCC[C@@H]54)cc3N2)cc1OC. The molecule has 1 amide bonds. The van der Waals surface area contributed by atoms with E-state index >= 15 is 0 Å². The molecule has 36 heavy (non-hydrogen) atoms. The minimum absolute atomic E-state index is 0.0681. The fraction of sp³-hybridized carbons (Fsp3) is 0.615. The van der Waals surface area contributed by atoms with E-state index in [2.05, 4.69) is 17.3 Å². The van der Waals surface area contributed by atoms with E-state index in [9.17, 15) is 18.0 Å². The van der Waals surface area contributed by atoms with Crippen molar-refractivity contribution in [1.82, 2.24) is 14.7 Å². The number of methoxy groups -OCH3 is 2. The topological polar surface area (TPSA) is 68.6 Å². The van der Waals surface area contributed by atoms with Gasteiger partial charge in [-0.05, 0) is 48.8 Å². The Bertz CT molecular complexity index is 1120. The average Bonchev–Trinajstić information content (AvgIpc) is 3.31. The van der Waals surface area contributed by atoms with Crippen LogP contribution in [0.15, 0.2) is 24.3 Å². The summed E-state index contributed by atoms with van der Waals surface area (Å²) < 4.78 is 54.1.